The third-order valence-electron chi connectivity index (χ3n) is 18.1. The molecular formula is C74H78B2N2Si. The van der Waals surface area contributed by atoms with Gasteiger partial charge in [-0.3, -0.25) is 0 Å². The number of hydrogen-bond donors (Lipinski definition) is 0. The molecule has 0 spiro atoms. The highest BCUT2D eigenvalue weighted by Gasteiger charge is 2.50. The zero-order chi connectivity index (χ0) is 55.2. The lowest BCUT2D eigenvalue weighted by molar-refractivity contribution is 0.812. The normalized spacial score (nSPS) is 14.1. The van der Waals surface area contributed by atoms with E-state index in [0.29, 0.717) is 29.6 Å². The minimum atomic E-state index is -2.88. The largest absolute Gasteiger partial charge is 0.312 e. The van der Waals surface area contributed by atoms with Crippen molar-refractivity contribution in [3.63, 3.8) is 0 Å². The summed E-state index contributed by atoms with van der Waals surface area (Å²) < 4.78 is 0. The van der Waals surface area contributed by atoms with Gasteiger partial charge in [-0.2, -0.15) is 0 Å². The molecule has 9 aromatic rings. The molecule has 0 atom stereocenters. The molecule has 9 aromatic carbocycles. The smallest absolute Gasteiger partial charge is 0.247 e. The van der Waals surface area contributed by atoms with Gasteiger partial charge in [-0.15, -0.1) is 0 Å². The standard InChI is InChI=1S/C74H78B2N2Si/c1-14-24-53-41-58(47(4)5)72(59(42-53)48(6)7)76-63-36-35-55(77-67-37-33-51(12)39-70(67)79(56-25-17-15-18-26-56,57-27-19-16-20-28-57)71-40-52(13)34-38-68(71)77)45-69(63)78-66-32-22-21-29-62(66)75(64-30-23-31-65(76)74(64)78)73-60(49(8)9)43-54(46(2)3)44-61(73)50(10)11/h15-23,25-50H,14,24H2,1-13H3. The zero-order valence-electron chi connectivity index (χ0n) is 49.2. The first-order chi connectivity index (χ1) is 38.1. The van der Waals surface area contributed by atoms with Gasteiger partial charge in [0.05, 0.1) is 0 Å². The molecule has 0 saturated heterocycles. The number of benzene rings is 9. The van der Waals surface area contributed by atoms with E-state index in [4.69, 9.17) is 0 Å². The van der Waals surface area contributed by atoms with Gasteiger partial charge >= 0.3 is 0 Å². The Bertz CT molecular complexity index is 3640. The number of hydrogen-bond acceptors (Lipinski definition) is 2. The Morgan fingerprint density at radius 3 is 1.33 bits per heavy atom. The lowest BCUT2D eigenvalue weighted by Gasteiger charge is -2.47. The van der Waals surface area contributed by atoms with E-state index < -0.39 is 8.07 Å². The molecule has 0 unspecified atom stereocenters. The Labute approximate surface area is 475 Å². The van der Waals surface area contributed by atoms with E-state index >= 15 is 0 Å². The molecule has 0 aromatic heterocycles. The maximum absolute atomic E-state index is 2.88. The maximum Gasteiger partial charge on any atom is 0.247 e. The van der Waals surface area contributed by atoms with Gasteiger partial charge in [0.1, 0.15) is 0 Å². The van der Waals surface area contributed by atoms with E-state index in [1.807, 2.05) is 0 Å². The lowest BCUT2D eigenvalue weighted by atomic mass is 9.29. The molecule has 5 heteroatoms. The van der Waals surface area contributed by atoms with Crippen LogP contribution < -0.4 is 63.3 Å². The van der Waals surface area contributed by atoms with Crippen LogP contribution >= 0.6 is 0 Å². The molecular weight excluding hydrogens is 967 g/mol. The van der Waals surface area contributed by atoms with Crippen molar-refractivity contribution in [2.24, 2.45) is 0 Å². The molecule has 3 aliphatic heterocycles. The molecule has 0 radical (unpaired) electrons. The van der Waals surface area contributed by atoms with Crippen LogP contribution in [0.4, 0.5) is 34.1 Å². The fourth-order valence-corrected chi connectivity index (χ4v) is 19.8. The summed E-state index contributed by atoms with van der Waals surface area (Å²) >= 11 is 0. The monoisotopic (exact) mass is 1040 g/mol. The van der Waals surface area contributed by atoms with Crippen molar-refractivity contribution in [2.45, 2.75) is 132 Å². The van der Waals surface area contributed by atoms with Crippen molar-refractivity contribution in [3.8, 4) is 0 Å². The Morgan fingerprint density at radius 1 is 0.392 bits per heavy atom. The Hall–Kier alpha value is -7.07. The summed E-state index contributed by atoms with van der Waals surface area (Å²) in [7, 11) is -2.88. The summed E-state index contributed by atoms with van der Waals surface area (Å²) in [5.74, 6) is 1.82. The van der Waals surface area contributed by atoms with Gasteiger partial charge in [-0.1, -0.05) is 256 Å². The fourth-order valence-electron chi connectivity index (χ4n) is 14.5. The molecule has 394 valence electrons. The summed E-state index contributed by atoms with van der Waals surface area (Å²) in [5, 5.41) is 5.67. The molecule has 0 fully saturated rings. The number of aryl methyl sites for hydroxylation is 3. The number of anilines is 6. The van der Waals surface area contributed by atoms with Gasteiger partial charge in [-0.05, 0) is 156 Å². The SMILES string of the molecule is CCCc1cc(C(C)C)c(B2c3ccc(N4c5ccc(C)cc5[Si](c5ccccc5)(c5ccccc5)c5cc(C)ccc54)cc3N3c4ccccc4B(c4c(C(C)C)cc(C(C)C)cc4C(C)C)c4cccc2c43)c(C(C)C)c1. The van der Waals surface area contributed by atoms with Crippen molar-refractivity contribution in [1.82, 2.24) is 0 Å². The minimum absolute atomic E-state index is 0.00606. The van der Waals surface area contributed by atoms with E-state index in [9.17, 15) is 0 Å². The quantitative estimate of drug-likeness (QED) is 0.113. The topological polar surface area (TPSA) is 6.48 Å². The second-order valence-electron chi connectivity index (χ2n) is 25.0. The predicted octanol–water partition coefficient (Wildman–Crippen LogP) is 13.2. The zero-order valence-corrected chi connectivity index (χ0v) is 50.2. The van der Waals surface area contributed by atoms with E-state index in [0.717, 1.165) is 12.8 Å². The summed E-state index contributed by atoms with van der Waals surface area (Å²) in [6.07, 6.45) is 2.21. The maximum atomic E-state index is 2.72. The van der Waals surface area contributed by atoms with Crippen LogP contribution in [0.1, 0.15) is 157 Å². The first-order valence-corrected chi connectivity index (χ1v) is 31.8. The Morgan fingerprint density at radius 2 is 0.848 bits per heavy atom. The summed E-state index contributed by atoms with van der Waals surface area (Å²) in [4.78, 5) is 5.35. The van der Waals surface area contributed by atoms with Crippen LogP contribution in [-0.2, 0) is 6.42 Å². The average Bonchev–Trinajstić information content (AvgIpc) is 3.07. The third-order valence-corrected chi connectivity index (χ3v) is 22.9. The molecule has 79 heavy (non-hydrogen) atoms. The van der Waals surface area contributed by atoms with Crippen LogP contribution in [0, 0.1) is 13.8 Å². The van der Waals surface area contributed by atoms with E-state index in [1.54, 1.807) is 0 Å². The minimum Gasteiger partial charge on any atom is -0.312 e. The number of para-hydroxylation sites is 2. The van der Waals surface area contributed by atoms with Crippen molar-refractivity contribution in [3.05, 3.63) is 226 Å². The molecule has 0 N–H and O–H groups in total. The van der Waals surface area contributed by atoms with Gasteiger partial charge < -0.3 is 9.80 Å². The summed E-state index contributed by atoms with van der Waals surface area (Å²) in [6, 6.07) is 72.4. The molecule has 12 rings (SSSR count). The van der Waals surface area contributed by atoms with E-state index in [-0.39, 0.29) is 13.4 Å². The van der Waals surface area contributed by atoms with Crippen LogP contribution in [0.2, 0.25) is 0 Å². The summed E-state index contributed by atoms with van der Waals surface area (Å²) in [5.41, 5.74) is 27.5. The predicted molar refractivity (Wildman–Crippen MR) is 349 cm³/mol. The van der Waals surface area contributed by atoms with Crippen LogP contribution in [0.5, 0.6) is 0 Å². The van der Waals surface area contributed by atoms with Crippen molar-refractivity contribution in [1.29, 1.82) is 0 Å². The van der Waals surface area contributed by atoms with Crippen molar-refractivity contribution in [2.75, 3.05) is 9.80 Å². The van der Waals surface area contributed by atoms with Gasteiger partial charge in [0, 0.05) is 34.1 Å². The lowest BCUT2D eigenvalue weighted by Crippen LogP contribution is -2.77. The Kier molecular flexibility index (Phi) is 13.7. The molecule has 0 aliphatic carbocycles. The second-order valence-corrected chi connectivity index (χ2v) is 28.7. The fraction of sp³-hybridized carbons (Fsp3) is 0.270. The average molecular weight is 1050 g/mol. The highest BCUT2D eigenvalue weighted by Crippen LogP contribution is 2.45. The van der Waals surface area contributed by atoms with Crippen molar-refractivity contribution >= 4 is 109 Å². The Balaban J connectivity index is 1.19. The van der Waals surface area contributed by atoms with Gasteiger partial charge in [0.2, 0.25) is 13.4 Å². The third kappa shape index (κ3) is 8.43. The molecule has 0 bridgehead atoms. The van der Waals surface area contributed by atoms with E-state index in [2.05, 4.69) is 282 Å². The van der Waals surface area contributed by atoms with Crippen LogP contribution in [0.25, 0.3) is 0 Å². The molecule has 0 amide bonds. The summed E-state index contributed by atoms with van der Waals surface area (Å²) in [6.45, 7) is 31.0. The van der Waals surface area contributed by atoms with Gasteiger partial charge in [-0.25, -0.2) is 0 Å². The first-order valence-electron chi connectivity index (χ1n) is 29.8. The first kappa shape index (κ1) is 52.6. The van der Waals surface area contributed by atoms with Gasteiger partial charge in [0.25, 0.3) is 0 Å². The second kappa shape index (κ2) is 20.5. The number of fused-ring (bicyclic) bond motifs is 6. The molecule has 3 aliphatic rings. The highest BCUT2D eigenvalue weighted by molar-refractivity contribution is 7.21. The van der Waals surface area contributed by atoms with Gasteiger partial charge in [0.15, 0.2) is 8.07 Å². The van der Waals surface area contributed by atoms with E-state index in [1.165, 1.54) is 132 Å². The number of nitrogens with zero attached hydrogens (tertiary/aromatic N) is 2. The molecule has 0 saturated carbocycles. The number of rotatable bonds is 12. The van der Waals surface area contributed by atoms with Crippen LogP contribution in [0.3, 0.4) is 0 Å². The molecule has 3 heterocycles. The molecule has 2 nitrogen and oxygen atoms in total. The van der Waals surface area contributed by atoms with Crippen LogP contribution in [-0.4, -0.2) is 21.5 Å². The van der Waals surface area contributed by atoms with Crippen LogP contribution in [0.15, 0.2) is 182 Å². The highest BCUT2D eigenvalue weighted by atomic mass is 28.3. The van der Waals surface area contributed by atoms with Crippen molar-refractivity contribution < 1.29 is 0 Å².